The number of alkyl carbamates (subject to hydrolysis) is 1. The van der Waals surface area contributed by atoms with Crippen LogP contribution in [0.3, 0.4) is 0 Å². The van der Waals surface area contributed by atoms with Crippen LogP contribution in [0.1, 0.15) is 30.5 Å². The predicted molar refractivity (Wildman–Crippen MR) is 92.2 cm³/mol. The quantitative estimate of drug-likeness (QED) is 0.821. The molecule has 2 amide bonds. The molecule has 0 aromatic heterocycles. The molecule has 2 aromatic carbocycles. The highest BCUT2D eigenvalue weighted by Gasteiger charge is 2.09. The van der Waals surface area contributed by atoms with Gasteiger partial charge < -0.3 is 15.4 Å². The van der Waals surface area contributed by atoms with Gasteiger partial charge in [0.1, 0.15) is 6.61 Å². The Morgan fingerprint density at radius 2 is 1.62 bits per heavy atom. The fraction of sp³-hybridized carbons (Fsp3) is 0.263. The number of amides is 2. The van der Waals surface area contributed by atoms with Crippen molar-refractivity contribution < 1.29 is 14.3 Å². The third kappa shape index (κ3) is 6.12. The molecule has 0 radical (unpaired) electrons. The fourth-order valence-electron chi connectivity index (χ4n) is 2.19. The minimum atomic E-state index is -0.525. The van der Waals surface area contributed by atoms with Gasteiger partial charge in [-0.05, 0) is 18.1 Å². The number of carbonyl (C=O) groups is 2. The fourth-order valence-corrected chi connectivity index (χ4v) is 2.19. The molecule has 0 aliphatic rings. The van der Waals surface area contributed by atoms with Crippen LogP contribution in [-0.2, 0) is 16.1 Å². The predicted octanol–water partition coefficient (Wildman–Crippen LogP) is 3.18. The summed E-state index contributed by atoms with van der Waals surface area (Å²) in [6, 6.07) is 19.1. The van der Waals surface area contributed by atoms with Gasteiger partial charge in [0.05, 0.1) is 6.04 Å². The summed E-state index contributed by atoms with van der Waals surface area (Å²) in [5, 5.41) is 5.47. The maximum absolute atomic E-state index is 11.9. The summed E-state index contributed by atoms with van der Waals surface area (Å²) in [5.41, 5.74) is 1.96. The first-order chi connectivity index (χ1) is 11.6. The molecule has 0 heterocycles. The second kappa shape index (κ2) is 9.35. The van der Waals surface area contributed by atoms with Gasteiger partial charge in [-0.25, -0.2) is 4.79 Å². The molecule has 0 unspecified atom stereocenters. The summed E-state index contributed by atoms with van der Waals surface area (Å²) in [6.07, 6.45) is -0.319. The van der Waals surface area contributed by atoms with E-state index in [1.807, 2.05) is 67.6 Å². The number of carbonyl (C=O) groups excluding carboxylic acids is 2. The van der Waals surface area contributed by atoms with E-state index in [0.717, 1.165) is 11.1 Å². The molecule has 0 saturated carbocycles. The number of nitrogens with one attached hydrogen (secondary N) is 2. The van der Waals surface area contributed by atoms with Gasteiger partial charge in [-0.3, -0.25) is 4.79 Å². The smallest absolute Gasteiger partial charge is 0.407 e. The Morgan fingerprint density at radius 3 is 2.29 bits per heavy atom. The maximum Gasteiger partial charge on any atom is 0.407 e. The zero-order valence-corrected chi connectivity index (χ0v) is 13.7. The van der Waals surface area contributed by atoms with E-state index in [9.17, 15) is 9.59 Å². The lowest BCUT2D eigenvalue weighted by Gasteiger charge is -2.14. The molecule has 0 fully saturated rings. The van der Waals surface area contributed by atoms with Crippen LogP contribution in [0.25, 0.3) is 0 Å². The van der Waals surface area contributed by atoms with Crippen LogP contribution in [0.2, 0.25) is 0 Å². The van der Waals surface area contributed by atoms with Gasteiger partial charge in [-0.1, -0.05) is 60.7 Å². The Kier molecular flexibility index (Phi) is 6.83. The molecule has 0 spiro atoms. The van der Waals surface area contributed by atoms with Gasteiger partial charge in [-0.2, -0.15) is 0 Å². The van der Waals surface area contributed by atoms with Crippen molar-refractivity contribution in [1.82, 2.24) is 10.6 Å². The SMILES string of the molecule is C[C@H](NC(=O)CCNC(=O)OCc1ccccc1)c1ccccc1. The summed E-state index contributed by atoms with van der Waals surface area (Å²) < 4.78 is 5.08. The second-order valence-electron chi connectivity index (χ2n) is 5.44. The molecule has 24 heavy (non-hydrogen) atoms. The van der Waals surface area contributed by atoms with Gasteiger partial charge in [0, 0.05) is 13.0 Å². The molecular weight excluding hydrogens is 304 g/mol. The zero-order chi connectivity index (χ0) is 17.2. The molecule has 2 rings (SSSR count). The Bertz CT molecular complexity index is 644. The van der Waals surface area contributed by atoms with E-state index < -0.39 is 6.09 Å². The molecule has 2 N–H and O–H groups in total. The van der Waals surface area contributed by atoms with Crippen molar-refractivity contribution in [3.8, 4) is 0 Å². The minimum absolute atomic E-state index is 0.0660. The van der Waals surface area contributed by atoms with Crippen molar-refractivity contribution in [3.05, 3.63) is 71.8 Å². The molecule has 5 heteroatoms. The van der Waals surface area contributed by atoms with Crippen LogP contribution in [-0.4, -0.2) is 18.5 Å². The van der Waals surface area contributed by atoms with Gasteiger partial charge in [0.2, 0.25) is 5.91 Å². The molecule has 0 aliphatic heterocycles. The van der Waals surface area contributed by atoms with Gasteiger partial charge >= 0.3 is 6.09 Å². The summed E-state index contributed by atoms with van der Waals surface area (Å²) in [4.78, 5) is 23.5. The molecule has 1 atom stereocenters. The van der Waals surface area contributed by atoms with Gasteiger partial charge in [0.15, 0.2) is 0 Å². The molecule has 0 saturated heterocycles. The van der Waals surface area contributed by atoms with E-state index in [4.69, 9.17) is 4.74 Å². The van der Waals surface area contributed by atoms with Crippen LogP contribution in [0, 0.1) is 0 Å². The molecule has 0 aliphatic carbocycles. The van der Waals surface area contributed by atoms with Gasteiger partial charge in [0.25, 0.3) is 0 Å². The molecule has 126 valence electrons. The Labute approximate surface area is 142 Å². The summed E-state index contributed by atoms with van der Waals surface area (Å²) in [7, 11) is 0. The summed E-state index contributed by atoms with van der Waals surface area (Å²) in [6.45, 7) is 2.37. The number of rotatable bonds is 7. The Morgan fingerprint density at radius 1 is 1.00 bits per heavy atom. The average Bonchev–Trinajstić information content (AvgIpc) is 2.61. The van der Waals surface area contributed by atoms with E-state index in [2.05, 4.69) is 10.6 Å². The lowest BCUT2D eigenvalue weighted by atomic mass is 10.1. The summed E-state index contributed by atoms with van der Waals surface area (Å²) in [5.74, 6) is -0.116. The molecule has 5 nitrogen and oxygen atoms in total. The number of benzene rings is 2. The molecular formula is C19H22N2O3. The maximum atomic E-state index is 11.9. The first kappa shape index (κ1) is 17.5. The first-order valence-corrected chi connectivity index (χ1v) is 7.94. The van der Waals surface area contributed by atoms with E-state index in [1.165, 1.54) is 0 Å². The Hall–Kier alpha value is -2.82. The van der Waals surface area contributed by atoms with Crippen LogP contribution in [0.5, 0.6) is 0 Å². The lowest BCUT2D eigenvalue weighted by Crippen LogP contribution is -2.32. The van der Waals surface area contributed by atoms with Gasteiger partial charge in [-0.15, -0.1) is 0 Å². The third-order valence-corrected chi connectivity index (χ3v) is 3.51. The van der Waals surface area contributed by atoms with Crippen LogP contribution >= 0.6 is 0 Å². The van der Waals surface area contributed by atoms with Crippen LogP contribution in [0.4, 0.5) is 4.79 Å². The average molecular weight is 326 g/mol. The molecule has 2 aromatic rings. The normalized spacial score (nSPS) is 11.4. The minimum Gasteiger partial charge on any atom is -0.445 e. The topological polar surface area (TPSA) is 67.4 Å². The van der Waals surface area contributed by atoms with Crippen molar-refractivity contribution in [2.24, 2.45) is 0 Å². The first-order valence-electron chi connectivity index (χ1n) is 7.94. The van der Waals surface area contributed by atoms with E-state index in [0.29, 0.717) is 0 Å². The highest BCUT2D eigenvalue weighted by atomic mass is 16.5. The van der Waals surface area contributed by atoms with Crippen molar-refractivity contribution in [2.75, 3.05) is 6.54 Å². The standard InChI is InChI=1S/C19H22N2O3/c1-15(17-10-6-3-7-11-17)21-18(22)12-13-20-19(23)24-14-16-8-4-2-5-9-16/h2-11,15H,12-14H2,1H3,(H,20,23)(H,21,22)/t15-/m0/s1. The van der Waals surface area contributed by atoms with Crippen molar-refractivity contribution >= 4 is 12.0 Å². The highest BCUT2D eigenvalue weighted by Crippen LogP contribution is 2.10. The zero-order valence-electron chi connectivity index (χ0n) is 13.7. The van der Waals surface area contributed by atoms with Crippen molar-refractivity contribution in [3.63, 3.8) is 0 Å². The number of hydrogen-bond acceptors (Lipinski definition) is 3. The van der Waals surface area contributed by atoms with E-state index in [-0.39, 0.29) is 31.5 Å². The Balaban J connectivity index is 1.62. The number of hydrogen-bond donors (Lipinski definition) is 2. The third-order valence-electron chi connectivity index (χ3n) is 3.51. The molecule has 0 bridgehead atoms. The van der Waals surface area contributed by atoms with Crippen LogP contribution < -0.4 is 10.6 Å². The lowest BCUT2D eigenvalue weighted by molar-refractivity contribution is -0.121. The van der Waals surface area contributed by atoms with Crippen molar-refractivity contribution in [1.29, 1.82) is 0 Å². The monoisotopic (exact) mass is 326 g/mol. The van der Waals surface area contributed by atoms with Crippen molar-refractivity contribution in [2.45, 2.75) is 26.0 Å². The van der Waals surface area contributed by atoms with Crippen LogP contribution in [0.15, 0.2) is 60.7 Å². The highest BCUT2D eigenvalue weighted by molar-refractivity contribution is 5.77. The summed E-state index contributed by atoms with van der Waals surface area (Å²) >= 11 is 0. The second-order valence-corrected chi connectivity index (χ2v) is 5.44. The number of ether oxygens (including phenoxy) is 1. The van der Waals surface area contributed by atoms with E-state index in [1.54, 1.807) is 0 Å². The largest absolute Gasteiger partial charge is 0.445 e. The van der Waals surface area contributed by atoms with E-state index >= 15 is 0 Å².